The zero-order valence-electron chi connectivity index (χ0n) is 13.7. The SMILES string of the molecule is Cc1ccc(OC(C)CC(C)(CO)NC(C)C)c(C)c1. The molecule has 0 heterocycles. The number of rotatable bonds is 7. The van der Waals surface area contributed by atoms with Crippen LogP contribution < -0.4 is 10.1 Å². The Morgan fingerprint density at radius 2 is 1.90 bits per heavy atom. The zero-order chi connectivity index (χ0) is 15.3. The molecule has 1 aromatic rings. The largest absolute Gasteiger partial charge is 0.490 e. The van der Waals surface area contributed by atoms with Crippen LogP contribution in [0.3, 0.4) is 0 Å². The van der Waals surface area contributed by atoms with Crippen LogP contribution in [0, 0.1) is 13.8 Å². The molecule has 2 N–H and O–H groups in total. The number of ether oxygens (including phenoxy) is 1. The fourth-order valence-electron chi connectivity index (χ4n) is 2.69. The number of aliphatic hydroxyl groups is 1. The smallest absolute Gasteiger partial charge is 0.122 e. The van der Waals surface area contributed by atoms with Gasteiger partial charge < -0.3 is 15.2 Å². The number of aliphatic hydroxyl groups excluding tert-OH is 1. The monoisotopic (exact) mass is 279 g/mol. The van der Waals surface area contributed by atoms with E-state index in [0.717, 1.165) is 17.7 Å². The van der Waals surface area contributed by atoms with Gasteiger partial charge in [-0.2, -0.15) is 0 Å². The van der Waals surface area contributed by atoms with E-state index in [2.05, 4.69) is 52.1 Å². The summed E-state index contributed by atoms with van der Waals surface area (Å²) in [5.41, 5.74) is 2.08. The van der Waals surface area contributed by atoms with Gasteiger partial charge in [0, 0.05) is 18.0 Å². The fraction of sp³-hybridized carbons (Fsp3) is 0.647. The second-order valence-corrected chi connectivity index (χ2v) is 6.42. The minimum absolute atomic E-state index is 0.0415. The van der Waals surface area contributed by atoms with E-state index in [4.69, 9.17) is 4.74 Å². The topological polar surface area (TPSA) is 41.5 Å². The van der Waals surface area contributed by atoms with Crippen molar-refractivity contribution in [2.45, 2.75) is 65.6 Å². The van der Waals surface area contributed by atoms with Crippen molar-refractivity contribution >= 4 is 0 Å². The predicted octanol–water partition coefficient (Wildman–Crippen LogP) is 3.21. The lowest BCUT2D eigenvalue weighted by atomic mass is 9.94. The summed E-state index contributed by atoms with van der Waals surface area (Å²) in [7, 11) is 0. The maximum absolute atomic E-state index is 9.62. The van der Waals surface area contributed by atoms with Crippen LogP contribution in [0.2, 0.25) is 0 Å². The second-order valence-electron chi connectivity index (χ2n) is 6.42. The van der Waals surface area contributed by atoms with Gasteiger partial charge in [-0.3, -0.25) is 0 Å². The number of benzene rings is 1. The Kier molecular flexibility index (Phi) is 6.03. The molecule has 0 radical (unpaired) electrons. The van der Waals surface area contributed by atoms with Crippen LogP contribution in [-0.4, -0.2) is 29.4 Å². The van der Waals surface area contributed by atoms with Gasteiger partial charge >= 0.3 is 0 Å². The predicted molar refractivity (Wildman–Crippen MR) is 84.4 cm³/mol. The van der Waals surface area contributed by atoms with Crippen molar-refractivity contribution in [3.05, 3.63) is 29.3 Å². The summed E-state index contributed by atoms with van der Waals surface area (Å²) in [6.45, 7) is 12.5. The van der Waals surface area contributed by atoms with Crippen LogP contribution in [0.15, 0.2) is 18.2 Å². The molecule has 3 heteroatoms. The summed E-state index contributed by atoms with van der Waals surface area (Å²) in [5.74, 6) is 0.924. The van der Waals surface area contributed by atoms with E-state index in [0.29, 0.717) is 6.04 Å². The first-order valence-electron chi connectivity index (χ1n) is 7.38. The van der Waals surface area contributed by atoms with E-state index in [9.17, 15) is 5.11 Å². The first-order valence-corrected chi connectivity index (χ1v) is 7.38. The van der Waals surface area contributed by atoms with Crippen LogP contribution in [0.4, 0.5) is 0 Å². The second kappa shape index (κ2) is 7.09. The molecule has 0 saturated carbocycles. The average molecular weight is 279 g/mol. The normalized spacial score (nSPS) is 16.0. The van der Waals surface area contributed by atoms with Crippen molar-refractivity contribution in [3.8, 4) is 5.75 Å². The standard InChI is InChI=1S/C17H29NO2/c1-12(2)18-17(6,11-19)10-15(5)20-16-8-7-13(3)9-14(16)4/h7-9,12,15,18-19H,10-11H2,1-6H3. The van der Waals surface area contributed by atoms with Gasteiger partial charge in [-0.1, -0.05) is 31.5 Å². The maximum Gasteiger partial charge on any atom is 0.122 e. The van der Waals surface area contributed by atoms with Crippen LogP contribution in [-0.2, 0) is 0 Å². The molecule has 0 aliphatic heterocycles. The third-order valence-electron chi connectivity index (χ3n) is 3.38. The highest BCUT2D eigenvalue weighted by Gasteiger charge is 2.27. The Morgan fingerprint density at radius 3 is 2.40 bits per heavy atom. The molecule has 0 bridgehead atoms. The minimum Gasteiger partial charge on any atom is -0.490 e. The van der Waals surface area contributed by atoms with E-state index < -0.39 is 0 Å². The van der Waals surface area contributed by atoms with Crippen LogP contribution >= 0.6 is 0 Å². The van der Waals surface area contributed by atoms with Crippen LogP contribution in [0.25, 0.3) is 0 Å². The summed E-state index contributed by atoms with van der Waals surface area (Å²) in [5, 5.41) is 13.0. The number of hydrogen-bond acceptors (Lipinski definition) is 3. The third kappa shape index (κ3) is 5.14. The number of hydrogen-bond donors (Lipinski definition) is 2. The van der Waals surface area contributed by atoms with E-state index >= 15 is 0 Å². The van der Waals surface area contributed by atoms with Crippen molar-refractivity contribution in [3.63, 3.8) is 0 Å². The molecular formula is C17H29NO2. The molecular weight excluding hydrogens is 250 g/mol. The third-order valence-corrected chi connectivity index (χ3v) is 3.38. The summed E-state index contributed by atoms with van der Waals surface area (Å²) in [4.78, 5) is 0. The molecule has 0 fully saturated rings. The van der Waals surface area contributed by atoms with Crippen molar-refractivity contribution in [1.29, 1.82) is 0 Å². The number of aryl methyl sites for hydroxylation is 2. The van der Waals surface area contributed by atoms with E-state index in [-0.39, 0.29) is 18.2 Å². The van der Waals surface area contributed by atoms with E-state index in [1.165, 1.54) is 5.56 Å². The Labute approximate surface area is 123 Å². The zero-order valence-corrected chi connectivity index (χ0v) is 13.7. The first kappa shape index (κ1) is 17.0. The Hall–Kier alpha value is -1.06. The molecule has 2 atom stereocenters. The fourth-order valence-corrected chi connectivity index (χ4v) is 2.69. The van der Waals surface area contributed by atoms with Gasteiger partial charge in [0.2, 0.25) is 0 Å². The van der Waals surface area contributed by atoms with Crippen molar-refractivity contribution in [2.24, 2.45) is 0 Å². The molecule has 0 aliphatic carbocycles. The van der Waals surface area contributed by atoms with Gasteiger partial charge in [-0.15, -0.1) is 0 Å². The Balaban J connectivity index is 2.68. The average Bonchev–Trinajstić information content (AvgIpc) is 2.31. The van der Waals surface area contributed by atoms with E-state index in [1.807, 2.05) is 13.0 Å². The van der Waals surface area contributed by atoms with Gasteiger partial charge in [0.05, 0.1) is 12.7 Å². The molecule has 1 rings (SSSR count). The summed E-state index contributed by atoms with van der Waals surface area (Å²) in [6.07, 6.45) is 0.800. The molecule has 1 aromatic carbocycles. The quantitative estimate of drug-likeness (QED) is 0.805. The van der Waals surface area contributed by atoms with Crippen LogP contribution in [0.1, 0.15) is 45.2 Å². The van der Waals surface area contributed by atoms with Crippen LogP contribution in [0.5, 0.6) is 5.75 Å². The molecule has 20 heavy (non-hydrogen) atoms. The van der Waals surface area contributed by atoms with Gasteiger partial charge in [-0.25, -0.2) is 0 Å². The lowest BCUT2D eigenvalue weighted by Crippen LogP contribution is -2.51. The first-order chi connectivity index (χ1) is 9.25. The summed E-state index contributed by atoms with van der Waals surface area (Å²) < 4.78 is 6.03. The number of nitrogens with one attached hydrogen (secondary N) is 1. The lowest BCUT2D eigenvalue weighted by Gasteiger charge is -2.33. The highest BCUT2D eigenvalue weighted by Crippen LogP contribution is 2.23. The van der Waals surface area contributed by atoms with E-state index in [1.54, 1.807) is 0 Å². The molecule has 114 valence electrons. The summed E-state index contributed by atoms with van der Waals surface area (Å²) in [6, 6.07) is 6.54. The molecule has 0 saturated heterocycles. The van der Waals surface area contributed by atoms with Gasteiger partial charge in [0.15, 0.2) is 0 Å². The summed E-state index contributed by atoms with van der Waals surface area (Å²) >= 11 is 0. The molecule has 2 unspecified atom stereocenters. The molecule has 0 amide bonds. The minimum atomic E-state index is -0.313. The van der Waals surface area contributed by atoms with Gasteiger partial charge in [0.25, 0.3) is 0 Å². The Morgan fingerprint density at radius 1 is 1.25 bits per heavy atom. The molecule has 3 nitrogen and oxygen atoms in total. The van der Waals surface area contributed by atoms with Gasteiger partial charge in [-0.05, 0) is 39.3 Å². The van der Waals surface area contributed by atoms with Crippen molar-refractivity contribution in [2.75, 3.05) is 6.61 Å². The highest BCUT2D eigenvalue weighted by molar-refractivity contribution is 5.35. The molecule has 0 aromatic heterocycles. The highest BCUT2D eigenvalue weighted by atomic mass is 16.5. The van der Waals surface area contributed by atoms with Gasteiger partial charge in [0.1, 0.15) is 5.75 Å². The maximum atomic E-state index is 9.62. The van der Waals surface area contributed by atoms with Crippen molar-refractivity contribution in [1.82, 2.24) is 5.32 Å². The lowest BCUT2D eigenvalue weighted by molar-refractivity contribution is 0.104. The molecule has 0 aliphatic rings. The van der Waals surface area contributed by atoms with Crippen molar-refractivity contribution < 1.29 is 9.84 Å². The Bertz CT molecular complexity index is 431. The molecule has 0 spiro atoms.